The molecule has 7 heteroatoms. The van der Waals surface area contributed by atoms with Gasteiger partial charge in [0.15, 0.2) is 0 Å². The van der Waals surface area contributed by atoms with Crippen molar-refractivity contribution in [3.05, 3.63) is 34.1 Å². The van der Waals surface area contributed by atoms with Crippen molar-refractivity contribution in [1.29, 1.82) is 0 Å². The van der Waals surface area contributed by atoms with Gasteiger partial charge in [0.25, 0.3) is 5.91 Å². The third kappa shape index (κ3) is 3.79. The number of carbonyl (C=O) groups excluding carboxylic acids is 2. The van der Waals surface area contributed by atoms with Crippen LogP contribution < -0.4 is 0 Å². The summed E-state index contributed by atoms with van der Waals surface area (Å²) in [6.45, 7) is 1.94. The minimum Gasteiger partial charge on any atom is -0.375 e. The van der Waals surface area contributed by atoms with Gasteiger partial charge in [0.2, 0.25) is 5.91 Å². The zero-order valence-corrected chi connectivity index (χ0v) is 13.2. The molecule has 2 amide bonds. The molecule has 0 saturated carbocycles. The highest BCUT2D eigenvalue weighted by Gasteiger charge is 2.24. The molecular formula is C14H16BrFN2O3. The largest absolute Gasteiger partial charge is 0.375 e. The summed E-state index contributed by atoms with van der Waals surface area (Å²) in [5, 5.41) is 0. The third-order valence-corrected chi connectivity index (χ3v) is 3.96. The van der Waals surface area contributed by atoms with E-state index in [0.29, 0.717) is 31.7 Å². The Labute approximate surface area is 130 Å². The first-order chi connectivity index (χ1) is 10.0. The van der Waals surface area contributed by atoms with Crippen LogP contribution in [0.3, 0.4) is 0 Å². The highest BCUT2D eigenvalue weighted by atomic mass is 79.9. The van der Waals surface area contributed by atoms with Crippen molar-refractivity contribution < 1.29 is 18.7 Å². The fraction of sp³-hybridized carbons (Fsp3) is 0.429. The molecule has 0 atom stereocenters. The molecule has 0 unspecified atom stereocenters. The average molecular weight is 359 g/mol. The summed E-state index contributed by atoms with van der Waals surface area (Å²) in [6, 6.07) is 4.20. The van der Waals surface area contributed by atoms with Gasteiger partial charge in [0.1, 0.15) is 12.4 Å². The van der Waals surface area contributed by atoms with E-state index in [1.807, 2.05) is 0 Å². The van der Waals surface area contributed by atoms with Crippen molar-refractivity contribution in [1.82, 2.24) is 9.80 Å². The summed E-state index contributed by atoms with van der Waals surface area (Å²) < 4.78 is 18.3. The predicted octanol–water partition coefficient (Wildman–Crippen LogP) is 1.52. The van der Waals surface area contributed by atoms with Gasteiger partial charge in [0.05, 0.1) is 4.47 Å². The Kier molecular flexibility index (Phi) is 5.30. The number of amides is 2. The second kappa shape index (κ2) is 7.00. The van der Waals surface area contributed by atoms with Gasteiger partial charge in [-0.1, -0.05) is 0 Å². The van der Waals surface area contributed by atoms with Gasteiger partial charge in [0, 0.05) is 38.9 Å². The average Bonchev–Trinajstić information content (AvgIpc) is 2.50. The van der Waals surface area contributed by atoms with Crippen LogP contribution in [0.25, 0.3) is 0 Å². The maximum Gasteiger partial charge on any atom is 0.254 e. The van der Waals surface area contributed by atoms with Gasteiger partial charge < -0.3 is 14.5 Å². The summed E-state index contributed by atoms with van der Waals surface area (Å²) in [5.74, 6) is -0.634. The van der Waals surface area contributed by atoms with Crippen LogP contribution in [0.2, 0.25) is 0 Å². The molecule has 0 bridgehead atoms. The van der Waals surface area contributed by atoms with E-state index < -0.39 is 5.82 Å². The van der Waals surface area contributed by atoms with Crippen LogP contribution in [0, 0.1) is 5.82 Å². The zero-order chi connectivity index (χ0) is 15.4. The molecule has 0 aromatic heterocycles. The second-order valence-electron chi connectivity index (χ2n) is 4.73. The van der Waals surface area contributed by atoms with Gasteiger partial charge >= 0.3 is 0 Å². The SMILES string of the molecule is COCC(=O)N1CCN(C(=O)c2ccc(F)c(Br)c2)CC1. The minimum atomic E-state index is -0.401. The molecule has 1 aromatic rings. The van der Waals surface area contributed by atoms with E-state index in [0.717, 1.165) is 0 Å². The van der Waals surface area contributed by atoms with Crippen LogP contribution in [0.1, 0.15) is 10.4 Å². The first-order valence-corrected chi connectivity index (χ1v) is 7.33. The second-order valence-corrected chi connectivity index (χ2v) is 5.59. The molecule has 0 aliphatic carbocycles. The molecule has 114 valence electrons. The number of nitrogens with zero attached hydrogens (tertiary/aromatic N) is 2. The van der Waals surface area contributed by atoms with E-state index in [4.69, 9.17) is 4.74 Å². The van der Waals surface area contributed by atoms with Crippen molar-refractivity contribution in [3.8, 4) is 0 Å². The van der Waals surface area contributed by atoms with E-state index in [2.05, 4.69) is 15.9 Å². The van der Waals surface area contributed by atoms with Gasteiger partial charge in [-0.25, -0.2) is 4.39 Å². The molecule has 0 N–H and O–H groups in total. The van der Waals surface area contributed by atoms with Crippen molar-refractivity contribution in [2.24, 2.45) is 0 Å². The monoisotopic (exact) mass is 358 g/mol. The van der Waals surface area contributed by atoms with E-state index in [9.17, 15) is 14.0 Å². The summed E-state index contributed by atoms with van der Waals surface area (Å²) in [6.07, 6.45) is 0. The molecule has 21 heavy (non-hydrogen) atoms. The van der Waals surface area contributed by atoms with E-state index in [-0.39, 0.29) is 22.9 Å². The Morgan fingerprint density at radius 3 is 2.43 bits per heavy atom. The maximum absolute atomic E-state index is 13.2. The van der Waals surface area contributed by atoms with Crippen molar-refractivity contribution in [3.63, 3.8) is 0 Å². The van der Waals surface area contributed by atoms with Gasteiger partial charge in [-0.2, -0.15) is 0 Å². The quantitative estimate of drug-likeness (QED) is 0.822. The fourth-order valence-electron chi connectivity index (χ4n) is 2.19. The predicted molar refractivity (Wildman–Crippen MR) is 78.5 cm³/mol. The molecule has 1 aliphatic rings. The number of methoxy groups -OCH3 is 1. The maximum atomic E-state index is 13.2. The van der Waals surface area contributed by atoms with Gasteiger partial charge in [-0.15, -0.1) is 0 Å². The normalized spacial score (nSPS) is 15.2. The van der Waals surface area contributed by atoms with E-state index in [1.165, 1.54) is 25.3 Å². The Bertz CT molecular complexity index is 545. The van der Waals surface area contributed by atoms with Crippen LogP contribution in [0.15, 0.2) is 22.7 Å². The van der Waals surface area contributed by atoms with E-state index in [1.54, 1.807) is 9.80 Å². The lowest BCUT2D eigenvalue weighted by Gasteiger charge is -2.34. The Hall–Kier alpha value is -1.47. The number of hydrogen-bond donors (Lipinski definition) is 0. The Morgan fingerprint density at radius 2 is 1.86 bits per heavy atom. The van der Waals surface area contributed by atoms with Crippen LogP contribution in [-0.2, 0) is 9.53 Å². The Morgan fingerprint density at radius 1 is 1.24 bits per heavy atom. The number of rotatable bonds is 3. The number of halogens is 2. The summed E-state index contributed by atoms with van der Waals surface area (Å²) in [5.41, 5.74) is 0.431. The topological polar surface area (TPSA) is 49.9 Å². The van der Waals surface area contributed by atoms with Crippen LogP contribution in [0.4, 0.5) is 4.39 Å². The Balaban J connectivity index is 1.97. The lowest BCUT2D eigenvalue weighted by Crippen LogP contribution is -2.51. The van der Waals surface area contributed by atoms with Crippen LogP contribution in [0.5, 0.6) is 0 Å². The first-order valence-electron chi connectivity index (χ1n) is 6.54. The molecule has 2 rings (SSSR count). The molecular weight excluding hydrogens is 343 g/mol. The van der Waals surface area contributed by atoms with Crippen molar-refractivity contribution in [2.45, 2.75) is 0 Å². The molecule has 1 fully saturated rings. The number of ether oxygens (including phenoxy) is 1. The zero-order valence-electron chi connectivity index (χ0n) is 11.6. The number of benzene rings is 1. The van der Waals surface area contributed by atoms with Gasteiger partial charge in [-0.3, -0.25) is 9.59 Å². The smallest absolute Gasteiger partial charge is 0.254 e. The molecule has 1 saturated heterocycles. The lowest BCUT2D eigenvalue weighted by molar-refractivity contribution is -0.136. The van der Waals surface area contributed by atoms with E-state index >= 15 is 0 Å². The molecule has 1 aromatic carbocycles. The molecule has 1 heterocycles. The van der Waals surface area contributed by atoms with Gasteiger partial charge in [-0.05, 0) is 34.1 Å². The molecule has 0 spiro atoms. The lowest BCUT2D eigenvalue weighted by atomic mass is 10.1. The third-order valence-electron chi connectivity index (χ3n) is 3.35. The molecule has 0 radical (unpaired) electrons. The van der Waals surface area contributed by atoms with Crippen LogP contribution >= 0.6 is 15.9 Å². The molecule has 1 aliphatic heterocycles. The van der Waals surface area contributed by atoms with Crippen molar-refractivity contribution >= 4 is 27.7 Å². The summed E-state index contributed by atoms with van der Waals surface area (Å²) >= 11 is 3.07. The summed E-state index contributed by atoms with van der Waals surface area (Å²) in [4.78, 5) is 27.3. The number of hydrogen-bond acceptors (Lipinski definition) is 3. The fourth-order valence-corrected chi connectivity index (χ4v) is 2.56. The number of piperazine rings is 1. The number of carbonyl (C=O) groups is 2. The highest BCUT2D eigenvalue weighted by Crippen LogP contribution is 2.18. The summed E-state index contributed by atoms with van der Waals surface area (Å²) in [7, 11) is 1.48. The highest BCUT2D eigenvalue weighted by molar-refractivity contribution is 9.10. The minimum absolute atomic E-state index is 0.0544. The molecule has 5 nitrogen and oxygen atoms in total. The first kappa shape index (κ1) is 15.9. The standard InChI is InChI=1S/C14H16BrFN2O3/c1-21-9-13(19)17-4-6-18(7-5-17)14(20)10-2-3-12(16)11(15)8-10/h2-3,8H,4-7,9H2,1H3. The van der Waals surface area contributed by atoms with Crippen molar-refractivity contribution in [2.75, 3.05) is 39.9 Å². The van der Waals surface area contributed by atoms with Crippen LogP contribution in [-0.4, -0.2) is 61.5 Å².